The molecule has 94 valence electrons. The van der Waals surface area contributed by atoms with Gasteiger partial charge < -0.3 is 5.73 Å². The first-order valence-corrected chi connectivity index (χ1v) is 6.41. The molecule has 2 aromatic carbocycles. The second-order valence-corrected chi connectivity index (χ2v) is 5.10. The Bertz CT molecular complexity index is 575. The van der Waals surface area contributed by atoms with Crippen LogP contribution in [-0.2, 0) is 6.54 Å². The summed E-state index contributed by atoms with van der Waals surface area (Å²) >= 11 is 7.35. The summed E-state index contributed by atoms with van der Waals surface area (Å²) in [6.07, 6.45) is 0. The third-order valence-electron chi connectivity index (χ3n) is 2.38. The van der Waals surface area contributed by atoms with Crippen molar-refractivity contribution in [1.82, 2.24) is 0 Å². The largest absolute Gasteiger partial charge is 0.326 e. The standard InChI is InChI=1S/C13H10ClF2NS/c14-10-3-1-2-8(7-17)13(10)18-9-4-5-11(15)12(16)6-9/h1-6H,7,17H2. The number of hydrogen-bond acceptors (Lipinski definition) is 2. The van der Waals surface area contributed by atoms with Crippen LogP contribution < -0.4 is 5.73 Å². The lowest BCUT2D eigenvalue weighted by Crippen LogP contribution is -1.98. The van der Waals surface area contributed by atoms with E-state index < -0.39 is 11.6 Å². The van der Waals surface area contributed by atoms with Crippen LogP contribution in [0.15, 0.2) is 46.2 Å². The Morgan fingerprint density at radius 3 is 2.56 bits per heavy atom. The van der Waals surface area contributed by atoms with Gasteiger partial charge in [0.2, 0.25) is 0 Å². The van der Waals surface area contributed by atoms with Gasteiger partial charge in [-0.2, -0.15) is 0 Å². The highest BCUT2D eigenvalue weighted by atomic mass is 35.5. The summed E-state index contributed by atoms with van der Waals surface area (Å²) in [4.78, 5) is 1.35. The zero-order valence-electron chi connectivity index (χ0n) is 9.29. The van der Waals surface area contributed by atoms with E-state index in [4.69, 9.17) is 17.3 Å². The average Bonchev–Trinajstić information content (AvgIpc) is 2.36. The molecule has 0 spiro atoms. The molecular formula is C13H10ClF2NS. The minimum Gasteiger partial charge on any atom is -0.326 e. The van der Waals surface area contributed by atoms with Crippen LogP contribution in [0.25, 0.3) is 0 Å². The van der Waals surface area contributed by atoms with E-state index in [1.54, 1.807) is 12.1 Å². The van der Waals surface area contributed by atoms with Crippen molar-refractivity contribution in [3.05, 3.63) is 58.6 Å². The van der Waals surface area contributed by atoms with Gasteiger partial charge in [0, 0.05) is 16.3 Å². The maximum atomic E-state index is 13.1. The summed E-state index contributed by atoms with van der Waals surface area (Å²) in [7, 11) is 0. The minimum absolute atomic E-state index is 0.340. The van der Waals surface area contributed by atoms with Gasteiger partial charge in [-0.25, -0.2) is 8.78 Å². The van der Waals surface area contributed by atoms with Crippen molar-refractivity contribution < 1.29 is 8.78 Å². The smallest absolute Gasteiger partial charge is 0.159 e. The minimum atomic E-state index is -0.874. The molecule has 2 rings (SSSR count). The van der Waals surface area contributed by atoms with Gasteiger partial charge in [0.25, 0.3) is 0 Å². The van der Waals surface area contributed by atoms with Crippen LogP contribution in [0.2, 0.25) is 5.02 Å². The normalized spacial score (nSPS) is 10.7. The van der Waals surface area contributed by atoms with Gasteiger partial charge in [-0.3, -0.25) is 0 Å². The summed E-state index contributed by atoms with van der Waals surface area (Å²) in [5.74, 6) is -1.74. The predicted octanol–water partition coefficient (Wildman–Crippen LogP) is 4.23. The number of halogens is 3. The van der Waals surface area contributed by atoms with Gasteiger partial charge in [-0.15, -0.1) is 0 Å². The van der Waals surface area contributed by atoms with Crippen LogP contribution in [0.3, 0.4) is 0 Å². The van der Waals surface area contributed by atoms with Crippen molar-refractivity contribution in [2.75, 3.05) is 0 Å². The fourth-order valence-corrected chi connectivity index (χ4v) is 2.78. The van der Waals surface area contributed by atoms with E-state index in [0.29, 0.717) is 16.5 Å². The van der Waals surface area contributed by atoms with Crippen LogP contribution in [0.5, 0.6) is 0 Å². The summed E-state index contributed by atoms with van der Waals surface area (Å²) in [5, 5.41) is 0.549. The Labute approximate surface area is 113 Å². The molecule has 0 aliphatic rings. The van der Waals surface area contributed by atoms with Gasteiger partial charge in [0.1, 0.15) is 0 Å². The van der Waals surface area contributed by atoms with Crippen molar-refractivity contribution in [3.63, 3.8) is 0 Å². The topological polar surface area (TPSA) is 26.0 Å². The van der Waals surface area contributed by atoms with Crippen LogP contribution in [-0.4, -0.2) is 0 Å². The van der Waals surface area contributed by atoms with E-state index in [9.17, 15) is 8.78 Å². The first-order valence-electron chi connectivity index (χ1n) is 5.22. The van der Waals surface area contributed by atoms with Crippen molar-refractivity contribution >= 4 is 23.4 Å². The summed E-state index contributed by atoms with van der Waals surface area (Å²) < 4.78 is 26.0. The molecule has 0 aliphatic carbocycles. The van der Waals surface area contributed by atoms with Crippen LogP contribution in [0, 0.1) is 11.6 Å². The second kappa shape index (κ2) is 5.69. The Balaban J connectivity index is 2.36. The highest BCUT2D eigenvalue weighted by molar-refractivity contribution is 7.99. The van der Waals surface area contributed by atoms with E-state index in [-0.39, 0.29) is 0 Å². The first kappa shape index (κ1) is 13.3. The Morgan fingerprint density at radius 1 is 1.11 bits per heavy atom. The lowest BCUT2D eigenvalue weighted by molar-refractivity contribution is 0.506. The molecule has 0 unspecified atom stereocenters. The quantitative estimate of drug-likeness (QED) is 0.913. The van der Waals surface area contributed by atoms with Gasteiger partial charge in [0.15, 0.2) is 11.6 Å². The van der Waals surface area contributed by atoms with Crippen LogP contribution in [0.1, 0.15) is 5.56 Å². The zero-order chi connectivity index (χ0) is 13.1. The summed E-state index contributed by atoms with van der Waals surface area (Å²) in [6, 6.07) is 9.14. The summed E-state index contributed by atoms with van der Waals surface area (Å²) in [5.41, 5.74) is 6.49. The van der Waals surface area contributed by atoms with Crippen LogP contribution in [0.4, 0.5) is 8.78 Å². The SMILES string of the molecule is NCc1cccc(Cl)c1Sc1ccc(F)c(F)c1. The number of hydrogen-bond donors (Lipinski definition) is 1. The zero-order valence-corrected chi connectivity index (χ0v) is 10.9. The van der Waals surface area contributed by atoms with E-state index in [1.807, 2.05) is 6.07 Å². The molecule has 0 aromatic heterocycles. The average molecular weight is 286 g/mol. The molecule has 0 fully saturated rings. The highest BCUT2D eigenvalue weighted by Gasteiger charge is 2.09. The summed E-state index contributed by atoms with van der Waals surface area (Å²) in [6.45, 7) is 0.340. The fraction of sp³-hybridized carbons (Fsp3) is 0.0769. The molecule has 0 bridgehead atoms. The van der Waals surface area contributed by atoms with Gasteiger partial charge >= 0.3 is 0 Å². The van der Waals surface area contributed by atoms with Gasteiger partial charge in [-0.1, -0.05) is 35.5 Å². The molecule has 0 amide bonds. The van der Waals surface area contributed by atoms with Gasteiger partial charge in [0.05, 0.1) is 5.02 Å². The van der Waals surface area contributed by atoms with Crippen molar-refractivity contribution in [1.29, 1.82) is 0 Å². The molecule has 2 aromatic rings. The van der Waals surface area contributed by atoms with Crippen molar-refractivity contribution in [2.24, 2.45) is 5.73 Å². The molecule has 0 saturated heterocycles. The second-order valence-electron chi connectivity index (χ2n) is 3.61. The molecule has 0 aliphatic heterocycles. The molecule has 1 nitrogen and oxygen atoms in total. The molecule has 0 saturated carbocycles. The Hall–Kier alpha value is -1.10. The molecule has 0 heterocycles. The third kappa shape index (κ3) is 2.83. The molecule has 0 radical (unpaired) electrons. The van der Waals surface area contributed by atoms with E-state index in [1.165, 1.54) is 17.8 Å². The lowest BCUT2D eigenvalue weighted by atomic mass is 10.2. The lowest BCUT2D eigenvalue weighted by Gasteiger charge is -2.09. The highest BCUT2D eigenvalue weighted by Crippen LogP contribution is 2.36. The van der Waals surface area contributed by atoms with Crippen molar-refractivity contribution in [3.8, 4) is 0 Å². The Kier molecular flexibility index (Phi) is 4.22. The van der Waals surface area contributed by atoms with Crippen LogP contribution >= 0.6 is 23.4 Å². The first-order chi connectivity index (χ1) is 8.61. The Morgan fingerprint density at radius 2 is 1.89 bits per heavy atom. The molecule has 5 heteroatoms. The number of benzene rings is 2. The van der Waals surface area contributed by atoms with Crippen molar-refractivity contribution in [2.45, 2.75) is 16.3 Å². The number of rotatable bonds is 3. The van der Waals surface area contributed by atoms with E-state index >= 15 is 0 Å². The maximum absolute atomic E-state index is 13.1. The number of nitrogens with two attached hydrogens (primary N) is 1. The third-order valence-corrected chi connectivity index (χ3v) is 3.98. The molecule has 2 N–H and O–H groups in total. The molecule has 18 heavy (non-hydrogen) atoms. The fourth-order valence-electron chi connectivity index (χ4n) is 1.49. The van der Waals surface area contributed by atoms with E-state index in [2.05, 4.69) is 0 Å². The van der Waals surface area contributed by atoms with Gasteiger partial charge in [-0.05, 0) is 29.8 Å². The molecular weight excluding hydrogens is 276 g/mol. The molecule has 0 atom stereocenters. The maximum Gasteiger partial charge on any atom is 0.159 e. The van der Waals surface area contributed by atoms with E-state index in [0.717, 1.165) is 22.6 Å². The monoisotopic (exact) mass is 285 g/mol. The predicted molar refractivity (Wildman–Crippen MR) is 69.8 cm³/mol.